The Bertz CT molecular complexity index is 1230. The van der Waals surface area contributed by atoms with Crippen molar-refractivity contribution in [1.29, 1.82) is 5.26 Å². The number of rotatable bonds is 6. The van der Waals surface area contributed by atoms with E-state index in [4.69, 9.17) is 9.73 Å². The van der Waals surface area contributed by atoms with Gasteiger partial charge in [-0.2, -0.15) is 5.26 Å². The second kappa shape index (κ2) is 9.65. The zero-order valence-electron chi connectivity index (χ0n) is 18.6. The highest BCUT2D eigenvalue weighted by atomic mass is 32.2. The van der Waals surface area contributed by atoms with Gasteiger partial charge in [0.15, 0.2) is 5.17 Å². The summed E-state index contributed by atoms with van der Waals surface area (Å²) in [6, 6.07) is 13.3. The molecule has 1 amide bonds. The molecule has 1 fully saturated rings. The van der Waals surface area contributed by atoms with Gasteiger partial charge in [0.2, 0.25) is 0 Å². The van der Waals surface area contributed by atoms with Crippen molar-refractivity contribution in [3.8, 4) is 11.8 Å². The monoisotopic (exact) mass is 477 g/mol. The van der Waals surface area contributed by atoms with E-state index in [1.165, 1.54) is 11.8 Å². The van der Waals surface area contributed by atoms with E-state index >= 15 is 0 Å². The van der Waals surface area contributed by atoms with Crippen LogP contribution in [0, 0.1) is 11.3 Å². The van der Waals surface area contributed by atoms with Gasteiger partial charge in [0.25, 0.3) is 5.91 Å². The van der Waals surface area contributed by atoms with Gasteiger partial charge in [-0.25, -0.2) is 4.99 Å². The molecule has 2 aromatic rings. The number of hydrogen-bond acceptors (Lipinski definition) is 8. The van der Waals surface area contributed by atoms with Crippen LogP contribution in [-0.4, -0.2) is 43.2 Å². The highest BCUT2D eigenvalue weighted by molar-refractivity contribution is 8.19. The van der Waals surface area contributed by atoms with Gasteiger partial charge in [0.1, 0.15) is 10.7 Å². The molecule has 1 saturated heterocycles. The van der Waals surface area contributed by atoms with Crippen LogP contribution < -0.4 is 15.0 Å². The fourth-order valence-electron chi connectivity index (χ4n) is 3.50. The zero-order chi connectivity index (χ0) is 23.5. The van der Waals surface area contributed by atoms with Gasteiger partial charge in [0, 0.05) is 31.1 Å². The number of hydrogen-bond donors (Lipinski definition) is 1. The minimum absolute atomic E-state index is 0.116. The summed E-state index contributed by atoms with van der Waals surface area (Å²) >= 11 is 2.89. The largest absolute Gasteiger partial charge is 0.497 e. The van der Waals surface area contributed by atoms with Crippen LogP contribution in [0.1, 0.15) is 12.5 Å². The number of ether oxygens (including phenoxy) is 1. The fourth-order valence-corrected chi connectivity index (χ4v) is 5.82. The minimum atomic E-state index is -0.116. The molecule has 2 aliphatic rings. The standard InChI is InChI=1S/C24H23N5O2S2/c1-5-11-29-22(30)21(23-28(3)19-13-16(31-4)8-10-20(19)32-23)33-24(29)27-18-12-15(14-25)7-9-17(18)26-6-2/h5,7-10,12-13,26H,1,6,11H2,2-4H3. The molecule has 2 aliphatic heterocycles. The second-order valence-corrected chi connectivity index (χ2v) is 9.21. The Balaban J connectivity index is 1.76. The molecule has 1 N–H and O–H groups in total. The van der Waals surface area contributed by atoms with E-state index in [0.29, 0.717) is 34.4 Å². The summed E-state index contributed by atoms with van der Waals surface area (Å²) < 4.78 is 5.36. The topological polar surface area (TPSA) is 81.0 Å². The Kier molecular flexibility index (Phi) is 6.67. The van der Waals surface area contributed by atoms with E-state index in [0.717, 1.165) is 27.0 Å². The Morgan fingerprint density at radius 2 is 2.09 bits per heavy atom. The van der Waals surface area contributed by atoms with Crippen molar-refractivity contribution in [3.05, 3.63) is 64.6 Å². The quantitative estimate of drug-likeness (QED) is 0.455. The van der Waals surface area contributed by atoms with E-state index < -0.39 is 0 Å². The molecular weight excluding hydrogens is 454 g/mol. The molecule has 0 unspecified atom stereocenters. The molecule has 168 valence electrons. The SMILES string of the molecule is C=CCN1C(=O)C(=C2Sc3ccc(OC)cc3N2C)SC1=Nc1cc(C#N)ccc1NCC. The first-order valence-corrected chi connectivity index (χ1v) is 11.9. The van der Waals surface area contributed by atoms with Crippen LogP contribution in [0.5, 0.6) is 5.75 Å². The smallest absolute Gasteiger partial charge is 0.269 e. The summed E-state index contributed by atoms with van der Waals surface area (Å²) in [6.07, 6.45) is 1.68. The van der Waals surface area contributed by atoms with E-state index in [2.05, 4.69) is 18.0 Å². The lowest BCUT2D eigenvalue weighted by atomic mass is 10.2. The lowest BCUT2D eigenvalue weighted by Crippen LogP contribution is -2.29. The first-order chi connectivity index (χ1) is 16.0. The van der Waals surface area contributed by atoms with Crippen molar-refractivity contribution >= 4 is 51.7 Å². The van der Waals surface area contributed by atoms with Crippen LogP contribution in [0.2, 0.25) is 0 Å². The number of methoxy groups -OCH3 is 1. The maximum Gasteiger partial charge on any atom is 0.269 e. The van der Waals surface area contributed by atoms with Crippen LogP contribution in [0.3, 0.4) is 0 Å². The van der Waals surface area contributed by atoms with Crippen molar-refractivity contribution in [2.24, 2.45) is 4.99 Å². The summed E-state index contributed by atoms with van der Waals surface area (Å²) in [4.78, 5) is 23.5. The normalized spacial score (nSPS) is 18.5. The fraction of sp³-hybridized carbons (Fsp3) is 0.208. The van der Waals surface area contributed by atoms with Gasteiger partial charge in [-0.3, -0.25) is 9.69 Å². The molecule has 2 heterocycles. The molecule has 9 heteroatoms. The van der Waals surface area contributed by atoms with Gasteiger partial charge in [-0.15, -0.1) is 6.58 Å². The van der Waals surface area contributed by atoms with Gasteiger partial charge in [-0.1, -0.05) is 17.8 Å². The Labute approximate surface area is 201 Å². The maximum atomic E-state index is 13.4. The molecule has 0 atom stereocenters. The number of nitriles is 1. The third-order valence-corrected chi connectivity index (χ3v) is 7.55. The van der Waals surface area contributed by atoms with Crippen LogP contribution in [0.15, 0.2) is 68.9 Å². The van der Waals surface area contributed by atoms with Crippen LogP contribution in [0.25, 0.3) is 0 Å². The average molecular weight is 478 g/mol. The van der Waals surface area contributed by atoms with E-state index in [-0.39, 0.29) is 5.91 Å². The van der Waals surface area contributed by atoms with Crippen LogP contribution in [0.4, 0.5) is 17.1 Å². The number of fused-ring (bicyclic) bond motifs is 1. The molecule has 0 aromatic heterocycles. The third kappa shape index (κ3) is 4.32. The molecule has 4 rings (SSSR count). The van der Waals surface area contributed by atoms with Crippen LogP contribution in [-0.2, 0) is 4.79 Å². The van der Waals surface area contributed by atoms with Crippen molar-refractivity contribution in [2.75, 3.05) is 37.5 Å². The number of amides is 1. The second-order valence-electron chi connectivity index (χ2n) is 7.20. The molecule has 0 bridgehead atoms. The molecule has 33 heavy (non-hydrogen) atoms. The summed E-state index contributed by atoms with van der Waals surface area (Å²) in [5.41, 5.74) is 2.93. The number of nitrogens with one attached hydrogen (secondary N) is 1. The number of carbonyl (C=O) groups excluding carboxylic acids is 1. The average Bonchev–Trinajstić information content (AvgIpc) is 3.31. The van der Waals surface area contributed by atoms with Gasteiger partial charge in [0.05, 0.1) is 40.8 Å². The van der Waals surface area contributed by atoms with Crippen molar-refractivity contribution in [2.45, 2.75) is 11.8 Å². The molecule has 2 aromatic carbocycles. The number of nitrogens with zero attached hydrogens (tertiary/aromatic N) is 4. The van der Waals surface area contributed by atoms with Gasteiger partial charge in [-0.05, 0) is 49.0 Å². The number of aliphatic imine (C=N–C) groups is 1. The first kappa shape index (κ1) is 22.8. The number of benzene rings is 2. The lowest BCUT2D eigenvalue weighted by molar-refractivity contribution is -0.121. The minimum Gasteiger partial charge on any atom is -0.497 e. The number of amidine groups is 1. The summed E-state index contributed by atoms with van der Waals surface area (Å²) in [6.45, 7) is 6.85. The molecule has 7 nitrogen and oxygen atoms in total. The first-order valence-electron chi connectivity index (χ1n) is 10.3. The van der Waals surface area contributed by atoms with E-state index in [1.807, 2.05) is 43.1 Å². The Morgan fingerprint density at radius 1 is 1.27 bits per heavy atom. The molecule has 0 spiro atoms. The molecule has 0 saturated carbocycles. The predicted molar refractivity (Wildman–Crippen MR) is 136 cm³/mol. The highest BCUT2D eigenvalue weighted by Crippen LogP contribution is 2.51. The number of anilines is 2. The van der Waals surface area contributed by atoms with Crippen LogP contribution >= 0.6 is 23.5 Å². The van der Waals surface area contributed by atoms with Crippen molar-refractivity contribution in [3.63, 3.8) is 0 Å². The van der Waals surface area contributed by atoms with E-state index in [1.54, 1.807) is 42.0 Å². The molecular formula is C24H23N5O2S2. The predicted octanol–water partition coefficient (Wildman–Crippen LogP) is 5.16. The lowest BCUT2D eigenvalue weighted by Gasteiger charge is -2.16. The number of thioether (sulfide) groups is 2. The molecule has 0 radical (unpaired) electrons. The zero-order valence-corrected chi connectivity index (χ0v) is 20.2. The summed E-state index contributed by atoms with van der Waals surface area (Å²) in [7, 11) is 3.58. The summed E-state index contributed by atoms with van der Waals surface area (Å²) in [5.74, 6) is 0.649. The Hall–Kier alpha value is -3.35. The van der Waals surface area contributed by atoms with E-state index in [9.17, 15) is 10.1 Å². The van der Waals surface area contributed by atoms with Gasteiger partial charge >= 0.3 is 0 Å². The van der Waals surface area contributed by atoms with Gasteiger partial charge < -0.3 is 15.0 Å². The maximum absolute atomic E-state index is 13.4. The van der Waals surface area contributed by atoms with Crippen molar-refractivity contribution in [1.82, 2.24) is 4.90 Å². The number of carbonyl (C=O) groups is 1. The molecule has 0 aliphatic carbocycles. The third-order valence-electron chi connectivity index (χ3n) is 5.12. The highest BCUT2D eigenvalue weighted by Gasteiger charge is 2.38. The van der Waals surface area contributed by atoms with Crippen molar-refractivity contribution < 1.29 is 9.53 Å². The Morgan fingerprint density at radius 3 is 2.79 bits per heavy atom. The summed E-state index contributed by atoms with van der Waals surface area (Å²) in [5, 5.41) is 14.0.